The van der Waals surface area contributed by atoms with Crippen LogP contribution < -0.4 is 10.6 Å². The molecular weight excluding hydrogens is 284 g/mol. The second-order valence-electron chi connectivity index (χ2n) is 4.96. The Hall–Kier alpha value is -2.14. The predicted molar refractivity (Wildman–Crippen MR) is 85.8 cm³/mol. The lowest BCUT2D eigenvalue weighted by Crippen LogP contribution is -2.41. The molecule has 2 N–H and O–H groups in total. The molecule has 0 saturated carbocycles. The summed E-state index contributed by atoms with van der Waals surface area (Å²) in [6.45, 7) is 5.68. The smallest absolute Gasteiger partial charge is 0.261 e. The molecule has 0 aliphatic rings. The molecule has 1 aromatic carbocycles. The van der Waals surface area contributed by atoms with Gasteiger partial charge >= 0.3 is 0 Å². The average molecular weight is 302 g/mol. The summed E-state index contributed by atoms with van der Waals surface area (Å²) in [5, 5.41) is 7.33. The van der Waals surface area contributed by atoms with Crippen molar-refractivity contribution in [3.63, 3.8) is 0 Å². The number of benzene rings is 1. The van der Waals surface area contributed by atoms with E-state index in [1.807, 2.05) is 37.4 Å². The Labute approximate surface area is 128 Å². The molecule has 2 rings (SSSR count). The lowest BCUT2D eigenvalue weighted by molar-refractivity contribution is -0.117. The fourth-order valence-electron chi connectivity index (χ4n) is 1.81. The van der Waals surface area contributed by atoms with Crippen molar-refractivity contribution in [3.05, 3.63) is 51.7 Å². The van der Waals surface area contributed by atoms with Crippen molar-refractivity contribution in [2.24, 2.45) is 0 Å². The molecule has 5 heteroatoms. The number of aryl methyl sites for hydroxylation is 2. The molecule has 4 nitrogen and oxygen atoms in total. The maximum atomic E-state index is 12.1. The molecule has 0 bridgehead atoms. The van der Waals surface area contributed by atoms with Crippen LogP contribution in [0.25, 0.3) is 0 Å². The van der Waals surface area contributed by atoms with E-state index >= 15 is 0 Å². The highest BCUT2D eigenvalue weighted by atomic mass is 32.1. The molecule has 0 aliphatic carbocycles. The quantitative estimate of drug-likeness (QED) is 0.911. The number of anilines is 1. The zero-order valence-corrected chi connectivity index (χ0v) is 13.1. The van der Waals surface area contributed by atoms with Crippen LogP contribution >= 0.6 is 11.3 Å². The second-order valence-corrected chi connectivity index (χ2v) is 5.91. The van der Waals surface area contributed by atoms with Crippen LogP contribution in [-0.4, -0.2) is 17.9 Å². The van der Waals surface area contributed by atoms with E-state index in [1.165, 1.54) is 16.9 Å². The highest BCUT2D eigenvalue weighted by molar-refractivity contribution is 7.12. The molecule has 2 aromatic rings. The van der Waals surface area contributed by atoms with Crippen molar-refractivity contribution in [1.29, 1.82) is 0 Å². The van der Waals surface area contributed by atoms with E-state index in [0.29, 0.717) is 4.88 Å². The molecular formula is C16H18N2O2S. The molecule has 1 heterocycles. The second kappa shape index (κ2) is 6.54. The van der Waals surface area contributed by atoms with E-state index in [9.17, 15) is 9.59 Å². The number of amides is 2. The van der Waals surface area contributed by atoms with Crippen LogP contribution in [0.1, 0.15) is 27.7 Å². The molecule has 1 aromatic heterocycles. The Balaban J connectivity index is 1.96. The number of carbonyl (C=O) groups is 2. The predicted octanol–water partition coefficient (Wildman–Crippen LogP) is 3.12. The maximum absolute atomic E-state index is 12.1. The summed E-state index contributed by atoms with van der Waals surface area (Å²) in [6.07, 6.45) is 0. The summed E-state index contributed by atoms with van der Waals surface area (Å²) in [5.41, 5.74) is 3.02. The first kappa shape index (κ1) is 15.3. The van der Waals surface area contributed by atoms with Crippen molar-refractivity contribution >= 4 is 28.8 Å². The Morgan fingerprint density at radius 1 is 1.14 bits per heavy atom. The lowest BCUT2D eigenvalue weighted by Gasteiger charge is -2.14. The van der Waals surface area contributed by atoms with Gasteiger partial charge in [0, 0.05) is 5.69 Å². The van der Waals surface area contributed by atoms with Gasteiger partial charge in [0.05, 0.1) is 4.88 Å². The lowest BCUT2D eigenvalue weighted by atomic mass is 10.1. The van der Waals surface area contributed by atoms with Gasteiger partial charge in [-0.1, -0.05) is 12.1 Å². The molecule has 0 saturated heterocycles. The summed E-state index contributed by atoms with van der Waals surface area (Å²) < 4.78 is 0. The van der Waals surface area contributed by atoms with Gasteiger partial charge in [0.2, 0.25) is 5.91 Å². The van der Waals surface area contributed by atoms with Crippen LogP contribution in [-0.2, 0) is 4.79 Å². The molecule has 1 atom stereocenters. The molecule has 0 fully saturated rings. The number of rotatable bonds is 4. The van der Waals surface area contributed by atoms with Crippen molar-refractivity contribution in [2.75, 3.05) is 5.32 Å². The number of carbonyl (C=O) groups excluding carboxylic acids is 2. The van der Waals surface area contributed by atoms with Crippen molar-refractivity contribution < 1.29 is 9.59 Å². The first-order valence-electron chi connectivity index (χ1n) is 6.70. The van der Waals surface area contributed by atoms with Gasteiger partial charge in [-0.25, -0.2) is 0 Å². The minimum atomic E-state index is -0.596. The minimum absolute atomic E-state index is 0.229. The Morgan fingerprint density at radius 2 is 1.90 bits per heavy atom. The van der Waals surface area contributed by atoms with Crippen molar-refractivity contribution in [1.82, 2.24) is 5.32 Å². The number of hydrogen-bond acceptors (Lipinski definition) is 3. The largest absolute Gasteiger partial charge is 0.340 e. The van der Waals surface area contributed by atoms with Gasteiger partial charge in [-0.2, -0.15) is 0 Å². The zero-order chi connectivity index (χ0) is 15.4. The van der Waals surface area contributed by atoms with Crippen molar-refractivity contribution in [3.8, 4) is 0 Å². The van der Waals surface area contributed by atoms with Crippen LogP contribution in [0.15, 0.2) is 35.7 Å². The van der Waals surface area contributed by atoms with E-state index < -0.39 is 6.04 Å². The molecule has 0 unspecified atom stereocenters. The van der Waals surface area contributed by atoms with Gasteiger partial charge in [0.25, 0.3) is 5.91 Å². The molecule has 110 valence electrons. The summed E-state index contributed by atoms with van der Waals surface area (Å²) >= 11 is 1.35. The fourth-order valence-corrected chi connectivity index (χ4v) is 2.44. The molecule has 21 heavy (non-hydrogen) atoms. The third-order valence-corrected chi connectivity index (χ3v) is 4.13. The zero-order valence-electron chi connectivity index (χ0n) is 12.3. The number of thiophene rings is 1. The molecule has 2 amide bonds. The van der Waals surface area contributed by atoms with Crippen LogP contribution in [0.2, 0.25) is 0 Å². The Bertz CT molecular complexity index is 650. The minimum Gasteiger partial charge on any atom is -0.340 e. The van der Waals surface area contributed by atoms with Gasteiger partial charge in [0.15, 0.2) is 0 Å². The number of nitrogens with one attached hydrogen (secondary N) is 2. The van der Waals surface area contributed by atoms with Crippen molar-refractivity contribution in [2.45, 2.75) is 26.8 Å². The van der Waals surface area contributed by atoms with E-state index in [0.717, 1.165) is 11.3 Å². The first-order chi connectivity index (χ1) is 9.97. The van der Waals surface area contributed by atoms with Crippen LogP contribution in [0, 0.1) is 13.8 Å². The summed E-state index contributed by atoms with van der Waals surface area (Å²) in [7, 11) is 0. The SMILES string of the molecule is Cc1ccc(NC(=O)[C@@H](C)NC(=O)c2cccs2)cc1C. The summed E-state index contributed by atoms with van der Waals surface area (Å²) in [5.74, 6) is -0.462. The van der Waals surface area contributed by atoms with E-state index in [4.69, 9.17) is 0 Å². The van der Waals surface area contributed by atoms with Gasteiger partial charge in [-0.15, -0.1) is 11.3 Å². The average Bonchev–Trinajstić information content (AvgIpc) is 2.97. The third kappa shape index (κ3) is 3.92. The highest BCUT2D eigenvalue weighted by Gasteiger charge is 2.17. The number of hydrogen-bond donors (Lipinski definition) is 2. The molecule has 0 aliphatic heterocycles. The summed E-state index contributed by atoms with van der Waals surface area (Å²) in [4.78, 5) is 24.6. The molecule has 0 spiro atoms. The Morgan fingerprint density at radius 3 is 2.52 bits per heavy atom. The highest BCUT2D eigenvalue weighted by Crippen LogP contribution is 2.14. The normalized spacial score (nSPS) is 11.8. The maximum Gasteiger partial charge on any atom is 0.261 e. The van der Waals surface area contributed by atoms with Crippen LogP contribution in [0.5, 0.6) is 0 Å². The monoisotopic (exact) mass is 302 g/mol. The van der Waals surface area contributed by atoms with E-state index in [1.54, 1.807) is 19.1 Å². The van der Waals surface area contributed by atoms with Crippen LogP contribution in [0.4, 0.5) is 5.69 Å². The van der Waals surface area contributed by atoms with Gasteiger partial charge in [-0.05, 0) is 55.5 Å². The standard InChI is InChI=1S/C16H18N2O2S/c1-10-6-7-13(9-11(10)2)18-15(19)12(3)17-16(20)14-5-4-8-21-14/h4-9,12H,1-3H3,(H,17,20)(H,18,19)/t12-/m1/s1. The van der Waals surface area contributed by atoms with Gasteiger partial charge in [-0.3, -0.25) is 9.59 Å². The van der Waals surface area contributed by atoms with Gasteiger partial charge in [0.1, 0.15) is 6.04 Å². The first-order valence-corrected chi connectivity index (χ1v) is 7.58. The Kier molecular flexibility index (Phi) is 4.75. The van der Waals surface area contributed by atoms with E-state index in [2.05, 4.69) is 10.6 Å². The topological polar surface area (TPSA) is 58.2 Å². The molecule has 0 radical (unpaired) electrons. The van der Waals surface area contributed by atoms with E-state index in [-0.39, 0.29) is 11.8 Å². The van der Waals surface area contributed by atoms with Crippen LogP contribution in [0.3, 0.4) is 0 Å². The van der Waals surface area contributed by atoms with Gasteiger partial charge < -0.3 is 10.6 Å². The summed E-state index contributed by atoms with van der Waals surface area (Å²) in [6, 6.07) is 8.67. The fraction of sp³-hybridized carbons (Fsp3) is 0.250. The third-order valence-electron chi connectivity index (χ3n) is 3.26.